The van der Waals surface area contributed by atoms with Crippen LogP contribution in [0.2, 0.25) is 0 Å². The fourth-order valence-corrected chi connectivity index (χ4v) is 3.78. The third kappa shape index (κ3) is 5.43. The molecule has 0 atom stereocenters. The Kier molecular flexibility index (Phi) is 6.66. The topological polar surface area (TPSA) is 15.3 Å². The first kappa shape index (κ1) is 15.3. The summed E-state index contributed by atoms with van der Waals surface area (Å²) in [4.78, 5) is 2.65. The molecule has 1 N–H and O–H groups in total. The Morgan fingerprint density at radius 1 is 1.00 bits per heavy atom. The molecule has 0 unspecified atom stereocenters. The SMILES string of the molecule is CC(C)C1CCC(NCCCN2CCCCC2)CC1. The molecule has 0 aromatic heterocycles. The molecule has 2 rings (SSSR count). The minimum atomic E-state index is 0.816. The van der Waals surface area contributed by atoms with Crippen LogP contribution in [-0.2, 0) is 0 Å². The standard InChI is InChI=1S/C17H34N2/c1-15(2)16-7-9-17(10-8-16)18-11-6-14-19-12-4-3-5-13-19/h15-18H,3-14H2,1-2H3. The lowest BCUT2D eigenvalue weighted by atomic mass is 9.80. The van der Waals surface area contributed by atoms with E-state index < -0.39 is 0 Å². The van der Waals surface area contributed by atoms with E-state index in [0.29, 0.717) is 0 Å². The Hall–Kier alpha value is -0.0800. The average molecular weight is 266 g/mol. The zero-order valence-electron chi connectivity index (χ0n) is 13.2. The quantitative estimate of drug-likeness (QED) is 0.738. The molecule has 0 aromatic rings. The lowest BCUT2D eigenvalue weighted by Crippen LogP contribution is -2.37. The fourth-order valence-electron chi connectivity index (χ4n) is 3.78. The van der Waals surface area contributed by atoms with Gasteiger partial charge in [-0.25, -0.2) is 0 Å². The van der Waals surface area contributed by atoms with E-state index in [1.165, 1.54) is 77.5 Å². The molecule has 1 heterocycles. The monoisotopic (exact) mass is 266 g/mol. The minimum Gasteiger partial charge on any atom is -0.314 e. The van der Waals surface area contributed by atoms with Crippen LogP contribution in [-0.4, -0.2) is 37.1 Å². The van der Waals surface area contributed by atoms with Gasteiger partial charge in [0.2, 0.25) is 0 Å². The number of hydrogen-bond donors (Lipinski definition) is 1. The molecule has 0 spiro atoms. The number of likely N-dealkylation sites (tertiary alicyclic amines) is 1. The van der Waals surface area contributed by atoms with E-state index in [0.717, 1.165) is 17.9 Å². The highest BCUT2D eigenvalue weighted by atomic mass is 15.1. The van der Waals surface area contributed by atoms with Crippen molar-refractivity contribution >= 4 is 0 Å². The van der Waals surface area contributed by atoms with Gasteiger partial charge in [0.15, 0.2) is 0 Å². The van der Waals surface area contributed by atoms with E-state index in [9.17, 15) is 0 Å². The summed E-state index contributed by atoms with van der Waals surface area (Å²) in [5, 5.41) is 3.79. The summed E-state index contributed by atoms with van der Waals surface area (Å²) >= 11 is 0. The second kappa shape index (κ2) is 8.26. The van der Waals surface area contributed by atoms with Crippen molar-refractivity contribution in [2.45, 2.75) is 71.3 Å². The van der Waals surface area contributed by atoms with Crippen LogP contribution in [0.3, 0.4) is 0 Å². The Bertz CT molecular complexity index is 225. The van der Waals surface area contributed by atoms with Crippen LogP contribution in [0.4, 0.5) is 0 Å². The first-order valence-electron chi connectivity index (χ1n) is 8.71. The maximum Gasteiger partial charge on any atom is 0.00672 e. The van der Waals surface area contributed by atoms with Crippen LogP contribution in [0.15, 0.2) is 0 Å². The molecule has 1 saturated carbocycles. The highest BCUT2D eigenvalue weighted by Gasteiger charge is 2.22. The van der Waals surface area contributed by atoms with Crippen molar-refractivity contribution in [3.8, 4) is 0 Å². The van der Waals surface area contributed by atoms with Gasteiger partial charge in [-0.05, 0) is 83.0 Å². The van der Waals surface area contributed by atoms with Crippen molar-refractivity contribution in [3.63, 3.8) is 0 Å². The van der Waals surface area contributed by atoms with Gasteiger partial charge in [0.1, 0.15) is 0 Å². The van der Waals surface area contributed by atoms with Gasteiger partial charge in [-0.1, -0.05) is 20.3 Å². The van der Waals surface area contributed by atoms with Gasteiger partial charge in [0.25, 0.3) is 0 Å². The molecule has 0 amide bonds. The number of nitrogens with one attached hydrogen (secondary N) is 1. The molecular formula is C17H34N2. The van der Waals surface area contributed by atoms with Gasteiger partial charge >= 0.3 is 0 Å². The number of nitrogens with zero attached hydrogens (tertiary/aromatic N) is 1. The van der Waals surface area contributed by atoms with E-state index in [1.54, 1.807) is 0 Å². The lowest BCUT2D eigenvalue weighted by molar-refractivity contribution is 0.216. The normalized spacial score (nSPS) is 29.8. The first-order valence-corrected chi connectivity index (χ1v) is 8.71. The summed E-state index contributed by atoms with van der Waals surface area (Å²) in [6, 6.07) is 0.816. The average Bonchev–Trinajstić information content (AvgIpc) is 2.45. The van der Waals surface area contributed by atoms with E-state index in [1.807, 2.05) is 0 Å². The maximum atomic E-state index is 3.79. The Balaban J connectivity index is 1.49. The summed E-state index contributed by atoms with van der Waals surface area (Å²) in [5.74, 6) is 1.88. The van der Waals surface area contributed by atoms with Crippen LogP contribution >= 0.6 is 0 Å². The zero-order chi connectivity index (χ0) is 13.5. The molecule has 1 aliphatic carbocycles. The third-order valence-electron chi connectivity index (χ3n) is 5.25. The number of rotatable bonds is 6. The minimum absolute atomic E-state index is 0.816. The predicted octanol–water partition coefficient (Wildman–Crippen LogP) is 3.67. The second-order valence-corrected chi connectivity index (χ2v) is 7.07. The van der Waals surface area contributed by atoms with Crippen LogP contribution in [0.5, 0.6) is 0 Å². The highest BCUT2D eigenvalue weighted by molar-refractivity contribution is 4.78. The van der Waals surface area contributed by atoms with E-state index >= 15 is 0 Å². The van der Waals surface area contributed by atoms with Gasteiger partial charge in [-0.3, -0.25) is 0 Å². The first-order chi connectivity index (χ1) is 9.25. The number of hydrogen-bond acceptors (Lipinski definition) is 2. The van der Waals surface area contributed by atoms with Crippen molar-refractivity contribution in [1.82, 2.24) is 10.2 Å². The molecular weight excluding hydrogens is 232 g/mol. The molecule has 2 fully saturated rings. The third-order valence-corrected chi connectivity index (χ3v) is 5.25. The van der Waals surface area contributed by atoms with Crippen molar-refractivity contribution < 1.29 is 0 Å². The highest BCUT2D eigenvalue weighted by Crippen LogP contribution is 2.29. The maximum absolute atomic E-state index is 3.79. The lowest BCUT2D eigenvalue weighted by Gasteiger charge is -2.32. The van der Waals surface area contributed by atoms with E-state index in [-0.39, 0.29) is 0 Å². The van der Waals surface area contributed by atoms with Crippen molar-refractivity contribution in [2.24, 2.45) is 11.8 Å². The molecule has 2 heteroatoms. The Labute approximate surface area is 120 Å². The van der Waals surface area contributed by atoms with Crippen molar-refractivity contribution in [1.29, 1.82) is 0 Å². The molecule has 19 heavy (non-hydrogen) atoms. The van der Waals surface area contributed by atoms with Gasteiger partial charge in [0, 0.05) is 6.04 Å². The van der Waals surface area contributed by atoms with E-state index in [2.05, 4.69) is 24.1 Å². The summed E-state index contributed by atoms with van der Waals surface area (Å²) in [6.07, 6.45) is 11.3. The zero-order valence-corrected chi connectivity index (χ0v) is 13.2. The largest absolute Gasteiger partial charge is 0.314 e. The fraction of sp³-hybridized carbons (Fsp3) is 1.00. The van der Waals surface area contributed by atoms with Gasteiger partial charge in [-0.15, -0.1) is 0 Å². The second-order valence-electron chi connectivity index (χ2n) is 7.07. The molecule has 2 nitrogen and oxygen atoms in total. The molecule has 1 saturated heterocycles. The van der Waals surface area contributed by atoms with Crippen molar-refractivity contribution in [2.75, 3.05) is 26.2 Å². The number of piperidine rings is 1. The van der Waals surface area contributed by atoms with Gasteiger partial charge in [0.05, 0.1) is 0 Å². The summed E-state index contributed by atoms with van der Waals surface area (Å²) < 4.78 is 0. The summed E-state index contributed by atoms with van der Waals surface area (Å²) in [6.45, 7) is 10.0. The van der Waals surface area contributed by atoms with Crippen LogP contribution in [0, 0.1) is 11.8 Å². The van der Waals surface area contributed by atoms with Crippen LogP contribution in [0.1, 0.15) is 65.2 Å². The summed E-state index contributed by atoms with van der Waals surface area (Å²) in [7, 11) is 0. The predicted molar refractivity (Wildman–Crippen MR) is 83.5 cm³/mol. The molecule has 1 aliphatic heterocycles. The van der Waals surface area contributed by atoms with Gasteiger partial charge < -0.3 is 10.2 Å². The smallest absolute Gasteiger partial charge is 0.00672 e. The molecule has 0 radical (unpaired) electrons. The Morgan fingerprint density at radius 2 is 1.68 bits per heavy atom. The summed E-state index contributed by atoms with van der Waals surface area (Å²) in [5.41, 5.74) is 0. The molecule has 112 valence electrons. The molecule has 2 aliphatic rings. The van der Waals surface area contributed by atoms with Gasteiger partial charge in [-0.2, -0.15) is 0 Å². The molecule has 0 bridgehead atoms. The van der Waals surface area contributed by atoms with Crippen LogP contribution < -0.4 is 5.32 Å². The van der Waals surface area contributed by atoms with Crippen LogP contribution in [0.25, 0.3) is 0 Å². The van der Waals surface area contributed by atoms with Crippen molar-refractivity contribution in [3.05, 3.63) is 0 Å². The molecule has 0 aromatic carbocycles. The van der Waals surface area contributed by atoms with E-state index in [4.69, 9.17) is 0 Å². The Morgan fingerprint density at radius 3 is 2.32 bits per heavy atom.